The zero-order chi connectivity index (χ0) is 14.5. The number of amides is 1. The molecule has 2 unspecified atom stereocenters. The van der Waals surface area contributed by atoms with Crippen molar-refractivity contribution >= 4 is 11.9 Å². The highest BCUT2D eigenvalue weighted by Crippen LogP contribution is 2.22. The van der Waals surface area contributed by atoms with E-state index in [1.807, 2.05) is 37.3 Å². The second kappa shape index (κ2) is 6.55. The van der Waals surface area contributed by atoms with Crippen LogP contribution in [0.15, 0.2) is 30.3 Å². The Morgan fingerprint density at radius 2 is 2.05 bits per heavy atom. The van der Waals surface area contributed by atoms with Gasteiger partial charge in [0.05, 0.1) is 5.92 Å². The molecule has 0 spiro atoms. The van der Waals surface area contributed by atoms with Crippen LogP contribution in [0, 0.1) is 5.92 Å². The van der Waals surface area contributed by atoms with Gasteiger partial charge in [0, 0.05) is 19.5 Å². The third-order valence-electron chi connectivity index (χ3n) is 3.97. The van der Waals surface area contributed by atoms with Crippen molar-refractivity contribution in [3.05, 3.63) is 35.9 Å². The number of rotatable bonds is 4. The average Bonchev–Trinajstić information content (AvgIpc) is 2.48. The Labute approximate surface area is 119 Å². The molecule has 4 nitrogen and oxygen atoms in total. The van der Waals surface area contributed by atoms with Gasteiger partial charge in [0.15, 0.2) is 0 Å². The highest BCUT2D eigenvalue weighted by atomic mass is 16.4. The third-order valence-corrected chi connectivity index (χ3v) is 3.97. The van der Waals surface area contributed by atoms with E-state index in [2.05, 4.69) is 0 Å². The number of piperidine rings is 1. The second-order valence-electron chi connectivity index (χ2n) is 5.53. The van der Waals surface area contributed by atoms with Crippen molar-refractivity contribution in [1.29, 1.82) is 0 Å². The predicted octanol–water partition coefficient (Wildman–Crippen LogP) is 2.50. The highest BCUT2D eigenvalue weighted by Gasteiger charge is 2.28. The Morgan fingerprint density at radius 3 is 2.70 bits per heavy atom. The molecule has 1 fully saturated rings. The lowest BCUT2D eigenvalue weighted by Gasteiger charge is -2.31. The smallest absolute Gasteiger partial charge is 0.308 e. The Kier molecular flexibility index (Phi) is 4.77. The van der Waals surface area contributed by atoms with Crippen molar-refractivity contribution in [3.63, 3.8) is 0 Å². The Bertz CT molecular complexity index is 472. The first-order valence-electron chi connectivity index (χ1n) is 7.13. The molecule has 0 radical (unpaired) electrons. The summed E-state index contributed by atoms with van der Waals surface area (Å²) in [6, 6.07) is 9.94. The summed E-state index contributed by atoms with van der Waals surface area (Å²) in [5.41, 5.74) is 1.15. The lowest BCUT2D eigenvalue weighted by atomic mass is 9.94. The molecular weight excluding hydrogens is 254 g/mol. The molecule has 1 aliphatic rings. The van der Waals surface area contributed by atoms with Gasteiger partial charge in [-0.1, -0.05) is 37.3 Å². The molecule has 1 saturated heterocycles. The van der Waals surface area contributed by atoms with E-state index in [1.165, 1.54) is 0 Å². The fourth-order valence-corrected chi connectivity index (χ4v) is 2.70. The summed E-state index contributed by atoms with van der Waals surface area (Å²) < 4.78 is 0. The minimum Gasteiger partial charge on any atom is -0.481 e. The van der Waals surface area contributed by atoms with Crippen LogP contribution in [-0.4, -0.2) is 35.0 Å². The minimum atomic E-state index is -0.793. The topological polar surface area (TPSA) is 57.6 Å². The van der Waals surface area contributed by atoms with Crippen LogP contribution < -0.4 is 0 Å². The molecule has 2 atom stereocenters. The molecule has 1 aromatic rings. The maximum absolute atomic E-state index is 12.3. The molecule has 2 rings (SSSR count). The summed E-state index contributed by atoms with van der Waals surface area (Å²) in [5.74, 6) is -0.973. The second-order valence-corrected chi connectivity index (χ2v) is 5.53. The molecular formula is C16H21NO3. The van der Waals surface area contributed by atoms with Gasteiger partial charge in [-0.15, -0.1) is 0 Å². The van der Waals surface area contributed by atoms with Gasteiger partial charge in [-0.05, 0) is 24.3 Å². The number of carboxylic acids is 1. The molecule has 0 aromatic heterocycles. The molecule has 1 aliphatic heterocycles. The molecule has 0 bridgehead atoms. The lowest BCUT2D eigenvalue weighted by Crippen LogP contribution is -2.42. The van der Waals surface area contributed by atoms with E-state index in [9.17, 15) is 9.59 Å². The number of likely N-dealkylation sites (tertiary alicyclic amines) is 1. The summed E-state index contributed by atoms with van der Waals surface area (Å²) in [6.45, 7) is 3.08. The van der Waals surface area contributed by atoms with Crippen LogP contribution in [0.5, 0.6) is 0 Å². The number of hydrogen-bond donors (Lipinski definition) is 1. The van der Waals surface area contributed by atoms with E-state index in [-0.39, 0.29) is 11.8 Å². The van der Waals surface area contributed by atoms with Crippen LogP contribution in [0.3, 0.4) is 0 Å². The van der Waals surface area contributed by atoms with Gasteiger partial charge in [0.25, 0.3) is 0 Å². The van der Waals surface area contributed by atoms with Gasteiger partial charge in [-0.25, -0.2) is 0 Å². The average molecular weight is 275 g/mol. The summed E-state index contributed by atoms with van der Waals surface area (Å²) in [5, 5.41) is 9.06. The Morgan fingerprint density at radius 1 is 1.35 bits per heavy atom. The van der Waals surface area contributed by atoms with E-state index in [1.54, 1.807) is 4.90 Å². The molecule has 4 heteroatoms. The lowest BCUT2D eigenvalue weighted by molar-refractivity contribution is -0.145. The zero-order valence-corrected chi connectivity index (χ0v) is 11.8. The number of hydrogen-bond acceptors (Lipinski definition) is 2. The van der Waals surface area contributed by atoms with Gasteiger partial charge in [0.1, 0.15) is 0 Å². The normalized spacial score (nSPS) is 20.4. The van der Waals surface area contributed by atoms with Crippen LogP contribution in [0.25, 0.3) is 0 Å². The molecule has 1 amide bonds. The molecule has 0 aliphatic carbocycles. The van der Waals surface area contributed by atoms with Crippen molar-refractivity contribution in [2.75, 3.05) is 13.1 Å². The van der Waals surface area contributed by atoms with Gasteiger partial charge < -0.3 is 10.0 Å². The van der Waals surface area contributed by atoms with Crippen LogP contribution >= 0.6 is 0 Å². The molecule has 0 saturated carbocycles. The first-order chi connectivity index (χ1) is 9.58. The molecule has 1 N–H and O–H groups in total. The number of carbonyl (C=O) groups is 2. The third kappa shape index (κ3) is 3.59. The van der Waals surface area contributed by atoms with E-state index < -0.39 is 11.9 Å². The van der Waals surface area contributed by atoms with Gasteiger partial charge >= 0.3 is 5.97 Å². The minimum absolute atomic E-state index is 0.0623. The summed E-state index contributed by atoms with van der Waals surface area (Å²) in [6.07, 6.45) is 1.89. The number of carbonyl (C=O) groups excluding carboxylic acids is 1. The van der Waals surface area contributed by atoms with Crippen molar-refractivity contribution in [1.82, 2.24) is 4.90 Å². The summed E-state index contributed by atoms with van der Waals surface area (Å²) >= 11 is 0. The number of benzene rings is 1. The maximum atomic E-state index is 12.3. The Balaban J connectivity index is 1.93. The standard InChI is InChI=1S/C16H21NO3/c1-12(13-6-3-2-4-7-13)10-15(18)17-9-5-8-14(11-17)16(19)20/h2-4,6-7,12,14H,5,8-11H2,1H3,(H,19,20). The monoisotopic (exact) mass is 275 g/mol. The number of aliphatic carboxylic acids is 1. The molecule has 1 heterocycles. The fourth-order valence-electron chi connectivity index (χ4n) is 2.70. The van der Waals surface area contributed by atoms with Gasteiger partial charge in [0.2, 0.25) is 5.91 Å². The van der Waals surface area contributed by atoms with Crippen molar-refractivity contribution < 1.29 is 14.7 Å². The van der Waals surface area contributed by atoms with Crippen LogP contribution in [0.4, 0.5) is 0 Å². The van der Waals surface area contributed by atoms with Crippen molar-refractivity contribution in [2.24, 2.45) is 5.92 Å². The molecule has 1 aromatic carbocycles. The van der Waals surface area contributed by atoms with Crippen molar-refractivity contribution in [2.45, 2.75) is 32.1 Å². The van der Waals surface area contributed by atoms with E-state index in [0.29, 0.717) is 25.9 Å². The van der Waals surface area contributed by atoms with Crippen LogP contribution in [0.1, 0.15) is 37.7 Å². The van der Waals surface area contributed by atoms with E-state index in [4.69, 9.17) is 5.11 Å². The molecule has 108 valence electrons. The fraction of sp³-hybridized carbons (Fsp3) is 0.500. The maximum Gasteiger partial charge on any atom is 0.308 e. The van der Waals surface area contributed by atoms with Gasteiger partial charge in [-0.2, -0.15) is 0 Å². The van der Waals surface area contributed by atoms with Crippen molar-refractivity contribution in [3.8, 4) is 0 Å². The van der Waals surface area contributed by atoms with E-state index >= 15 is 0 Å². The SMILES string of the molecule is CC(CC(=O)N1CCCC(C(=O)O)C1)c1ccccc1. The number of nitrogens with zero attached hydrogens (tertiary/aromatic N) is 1. The summed E-state index contributed by atoms with van der Waals surface area (Å²) in [7, 11) is 0. The number of carboxylic acid groups (broad SMARTS) is 1. The van der Waals surface area contributed by atoms with E-state index in [0.717, 1.165) is 12.0 Å². The molecule has 20 heavy (non-hydrogen) atoms. The van der Waals surface area contributed by atoms with Crippen LogP contribution in [-0.2, 0) is 9.59 Å². The highest BCUT2D eigenvalue weighted by molar-refractivity contribution is 5.78. The first-order valence-corrected chi connectivity index (χ1v) is 7.13. The first kappa shape index (κ1) is 14.6. The Hall–Kier alpha value is -1.84. The predicted molar refractivity (Wildman–Crippen MR) is 76.4 cm³/mol. The quantitative estimate of drug-likeness (QED) is 0.918. The van der Waals surface area contributed by atoms with Crippen LogP contribution in [0.2, 0.25) is 0 Å². The zero-order valence-electron chi connectivity index (χ0n) is 11.8. The largest absolute Gasteiger partial charge is 0.481 e. The van der Waals surface area contributed by atoms with Gasteiger partial charge in [-0.3, -0.25) is 9.59 Å². The summed E-state index contributed by atoms with van der Waals surface area (Å²) in [4.78, 5) is 25.0.